The molecule has 3 aromatic rings. The Hall–Kier alpha value is -2.34. The van der Waals surface area contributed by atoms with Gasteiger partial charge in [0, 0.05) is 16.0 Å². The summed E-state index contributed by atoms with van der Waals surface area (Å²) in [6.07, 6.45) is -3.38. The van der Waals surface area contributed by atoms with E-state index in [4.69, 9.17) is 17.3 Å². The Labute approximate surface area is 128 Å². The van der Waals surface area contributed by atoms with Crippen LogP contribution in [-0.4, -0.2) is 9.97 Å². The molecule has 3 nitrogen and oxygen atoms in total. The molecule has 7 heteroatoms. The summed E-state index contributed by atoms with van der Waals surface area (Å²) in [6.45, 7) is 0. The zero-order valence-electron chi connectivity index (χ0n) is 11.0. The van der Waals surface area contributed by atoms with Gasteiger partial charge < -0.3 is 5.73 Å². The highest BCUT2D eigenvalue weighted by molar-refractivity contribution is 6.30. The fourth-order valence-corrected chi connectivity index (χ4v) is 2.51. The van der Waals surface area contributed by atoms with E-state index in [9.17, 15) is 13.2 Å². The van der Waals surface area contributed by atoms with Crippen molar-refractivity contribution in [3.63, 3.8) is 0 Å². The van der Waals surface area contributed by atoms with Gasteiger partial charge in [0.2, 0.25) is 0 Å². The molecule has 1 heterocycles. The molecule has 0 saturated heterocycles. The number of nitrogens with two attached hydrogens (primary N) is 1. The van der Waals surface area contributed by atoms with Gasteiger partial charge in [0.15, 0.2) is 0 Å². The van der Waals surface area contributed by atoms with E-state index in [1.165, 1.54) is 12.1 Å². The molecule has 3 rings (SSSR count). The van der Waals surface area contributed by atoms with Crippen LogP contribution in [0.25, 0.3) is 22.0 Å². The Morgan fingerprint density at radius 1 is 1.05 bits per heavy atom. The van der Waals surface area contributed by atoms with E-state index in [1.807, 2.05) is 0 Å². The van der Waals surface area contributed by atoms with Crippen molar-refractivity contribution in [2.24, 2.45) is 0 Å². The first kappa shape index (κ1) is 14.6. The highest BCUT2D eigenvalue weighted by Crippen LogP contribution is 2.41. The topological polar surface area (TPSA) is 51.8 Å². The Balaban J connectivity index is 2.45. The number of nitrogens with zero attached hydrogens (tertiary/aromatic N) is 2. The maximum absolute atomic E-state index is 13.4. The summed E-state index contributed by atoms with van der Waals surface area (Å²) in [5.41, 5.74) is 5.35. The van der Waals surface area contributed by atoms with Crippen molar-refractivity contribution in [1.29, 1.82) is 0 Å². The number of benzene rings is 2. The van der Waals surface area contributed by atoms with Crippen LogP contribution in [0.4, 0.5) is 19.0 Å². The Morgan fingerprint density at radius 3 is 2.50 bits per heavy atom. The molecule has 2 N–H and O–H groups in total. The standard InChI is InChI=1S/C15H9ClF3N3/c16-9-3-1-2-8(6-9)12-11(15(17,18)19)5-4-10-13(12)21-7-22-14(10)20/h1-7H,(H2,20,21,22). The van der Waals surface area contributed by atoms with Gasteiger partial charge in [0.05, 0.1) is 11.1 Å². The van der Waals surface area contributed by atoms with Crippen molar-refractivity contribution in [3.8, 4) is 11.1 Å². The highest BCUT2D eigenvalue weighted by Gasteiger charge is 2.35. The summed E-state index contributed by atoms with van der Waals surface area (Å²) in [6, 6.07) is 8.45. The quantitative estimate of drug-likeness (QED) is 0.714. The van der Waals surface area contributed by atoms with Crippen molar-refractivity contribution in [3.05, 3.63) is 53.3 Å². The minimum absolute atomic E-state index is 0.0541. The fourth-order valence-electron chi connectivity index (χ4n) is 2.32. The third-order valence-corrected chi connectivity index (χ3v) is 3.49. The summed E-state index contributed by atoms with van der Waals surface area (Å²) >= 11 is 5.91. The second-order valence-electron chi connectivity index (χ2n) is 4.65. The lowest BCUT2D eigenvalue weighted by atomic mass is 9.96. The van der Waals surface area contributed by atoms with Crippen LogP contribution in [0.15, 0.2) is 42.7 Å². The van der Waals surface area contributed by atoms with Gasteiger partial charge >= 0.3 is 6.18 Å². The normalized spacial score (nSPS) is 11.8. The first-order valence-electron chi connectivity index (χ1n) is 6.24. The van der Waals surface area contributed by atoms with Gasteiger partial charge in [-0.15, -0.1) is 0 Å². The molecular formula is C15H9ClF3N3. The Kier molecular flexibility index (Phi) is 3.41. The number of hydrogen-bond acceptors (Lipinski definition) is 3. The highest BCUT2D eigenvalue weighted by atomic mass is 35.5. The van der Waals surface area contributed by atoms with Crippen LogP contribution in [0, 0.1) is 0 Å². The molecule has 112 valence electrons. The molecule has 0 aliphatic rings. The number of rotatable bonds is 1. The van der Waals surface area contributed by atoms with Crippen molar-refractivity contribution in [2.75, 3.05) is 5.73 Å². The third-order valence-electron chi connectivity index (χ3n) is 3.26. The van der Waals surface area contributed by atoms with E-state index in [0.717, 1.165) is 12.4 Å². The molecule has 0 unspecified atom stereocenters. The molecule has 1 aromatic heterocycles. The van der Waals surface area contributed by atoms with Crippen molar-refractivity contribution < 1.29 is 13.2 Å². The van der Waals surface area contributed by atoms with Gasteiger partial charge in [0.25, 0.3) is 0 Å². The van der Waals surface area contributed by atoms with E-state index in [1.54, 1.807) is 18.2 Å². The molecule has 0 aliphatic heterocycles. The third kappa shape index (κ3) is 2.46. The van der Waals surface area contributed by atoms with Crippen LogP contribution >= 0.6 is 11.6 Å². The van der Waals surface area contributed by atoms with Crippen LogP contribution in [0.2, 0.25) is 5.02 Å². The van der Waals surface area contributed by atoms with Crippen LogP contribution < -0.4 is 5.73 Å². The summed E-state index contributed by atoms with van der Waals surface area (Å²) in [5, 5.41) is 0.704. The van der Waals surface area contributed by atoms with Gasteiger partial charge in [-0.05, 0) is 29.8 Å². The molecule has 22 heavy (non-hydrogen) atoms. The van der Waals surface area contributed by atoms with Gasteiger partial charge in [-0.25, -0.2) is 9.97 Å². The molecule has 2 aromatic carbocycles. The van der Waals surface area contributed by atoms with Crippen molar-refractivity contribution in [2.45, 2.75) is 6.18 Å². The smallest absolute Gasteiger partial charge is 0.383 e. The SMILES string of the molecule is Nc1ncnc2c(-c3cccc(Cl)c3)c(C(F)(F)F)ccc12. The predicted octanol–water partition coefficient (Wildman–Crippen LogP) is 4.55. The van der Waals surface area contributed by atoms with Crippen LogP contribution in [0.5, 0.6) is 0 Å². The molecule has 0 fully saturated rings. The lowest BCUT2D eigenvalue weighted by Gasteiger charge is -2.15. The minimum atomic E-state index is -4.52. The predicted molar refractivity (Wildman–Crippen MR) is 79.4 cm³/mol. The van der Waals surface area contributed by atoms with Crippen molar-refractivity contribution >= 4 is 28.3 Å². The second-order valence-corrected chi connectivity index (χ2v) is 5.09. The Bertz CT molecular complexity index is 862. The van der Waals surface area contributed by atoms with E-state index >= 15 is 0 Å². The zero-order chi connectivity index (χ0) is 15.9. The molecule has 0 radical (unpaired) electrons. The number of hydrogen-bond donors (Lipinski definition) is 1. The van der Waals surface area contributed by atoms with Gasteiger partial charge in [-0.3, -0.25) is 0 Å². The maximum atomic E-state index is 13.4. The second kappa shape index (κ2) is 5.14. The van der Waals surface area contributed by atoms with E-state index in [2.05, 4.69) is 9.97 Å². The van der Waals surface area contributed by atoms with Crippen LogP contribution in [0.3, 0.4) is 0 Å². The first-order chi connectivity index (χ1) is 10.4. The largest absolute Gasteiger partial charge is 0.417 e. The van der Waals surface area contributed by atoms with Gasteiger partial charge in [-0.1, -0.05) is 23.7 Å². The first-order valence-corrected chi connectivity index (χ1v) is 6.62. The minimum Gasteiger partial charge on any atom is -0.383 e. The zero-order valence-corrected chi connectivity index (χ0v) is 11.8. The lowest BCUT2D eigenvalue weighted by Crippen LogP contribution is -2.08. The fraction of sp³-hybridized carbons (Fsp3) is 0.0667. The molecule has 0 bridgehead atoms. The number of fused-ring (bicyclic) bond motifs is 1. The molecular weight excluding hydrogens is 315 g/mol. The van der Waals surface area contributed by atoms with Crippen molar-refractivity contribution in [1.82, 2.24) is 9.97 Å². The average molecular weight is 324 g/mol. The Morgan fingerprint density at radius 2 is 1.82 bits per heavy atom. The average Bonchev–Trinajstić information content (AvgIpc) is 2.45. The molecule has 0 amide bonds. The molecule has 0 aliphatic carbocycles. The number of anilines is 1. The number of nitrogen functional groups attached to an aromatic ring is 1. The van der Waals surface area contributed by atoms with E-state index in [0.29, 0.717) is 16.0 Å². The van der Waals surface area contributed by atoms with Gasteiger partial charge in [0.1, 0.15) is 12.1 Å². The summed E-state index contributed by atoms with van der Waals surface area (Å²) in [7, 11) is 0. The monoisotopic (exact) mass is 323 g/mol. The number of halogens is 4. The summed E-state index contributed by atoms with van der Waals surface area (Å²) in [5.74, 6) is 0.127. The van der Waals surface area contributed by atoms with E-state index in [-0.39, 0.29) is 16.9 Å². The van der Waals surface area contributed by atoms with Gasteiger partial charge in [-0.2, -0.15) is 13.2 Å². The van der Waals surface area contributed by atoms with Crippen LogP contribution in [-0.2, 0) is 6.18 Å². The number of alkyl halides is 3. The molecule has 0 spiro atoms. The number of aromatic nitrogens is 2. The maximum Gasteiger partial charge on any atom is 0.417 e. The molecule has 0 saturated carbocycles. The lowest BCUT2D eigenvalue weighted by molar-refractivity contribution is -0.137. The summed E-state index contributed by atoms with van der Waals surface area (Å²) < 4.78 is 40.1. The van der Waals surface area contributed by atoms with Crippen LogP contribution in [0.1, 0.15) is 5.56 Å². The molecule has 0 atom stereocenters. The summed E-state index contributed by atoms with van der Waals surface area (Å²) in [4.78, 5) is 7.80. The van der Waals surface area contributed by atoms with E-state index < -0.39 is 11.7 Å².